The molecule has 0 heterocycles. The van der Waals surface area contributed by atoms with E-state index < -0.39 is 0 Å². The van der Waals surface area contributed by atoms with Crippen molar-refractivity contribution in [3.63, 3.8) is 0 Å². The van der Waals surface area contributed by atoms with E-state index in [0.29, 0.717) is 22.3 Å². The lowest BCUT2D eigenvalue weighted by Gasteiger charge is -2.23. The van der Waals surface area contributed by atoms with Crippen molar-refractivity contribution in [3.05, 3.63) is 157 Å². The van der Waals surface area contributed by atoms with Crippen LogP contribution in [0, 0.1) is 0 Å². The quantitative estimate of drug-likeness (QED) is 0.148. The molecule has 0 nitrogen and oxygen atoms in total. The summed E-state index contributed by atoms with van der Waals surface area (Å²) >= 11 is 0. The van der Waals surface area contributed by atoms with Gasteiger partial charge in [0.1, 0.15) is 0 Å². The predicted octanol–water partition coefficient (Wildman–Crippen LogP) is 11.9. The molecule has 0 fully saturated rings. The monoisotopic (exact) mass is 550 g/mol. The maximum atomic E-state index is 9.15. The molecule has 0 saturated heterocycles. The highest BCUT2D eigenvalue weighted by Crippen LogP contribution is 2.52. The van der Waals surface area contributed by atoms with E-state index in [-0.39, 0.29) is 29.6 Å². The Kier molecular flexibility index (Phi) is 4.27. The average Bonchev–Trinajstić information content (AvgIpc) is 3.32. The molecule has 0 aromatic heterocycles. The van der Waals surface area contributed by atoms with E-state index in [1.165, 1.54) is 32.7 Å². The molecule has 0 spiro atoms. The molecule has 0 saturated carbocycles. The van der Waals surface area contributed by atoms with Crippen molar-refractivity contribution >= 4 is 43.1 Å². The minimum Gasteiger partial charge on any atom is -0.0616 e. The largest absolute Gasteiger partial charge is 0.0629 e. The van der Waals surface area contributed by atoms with Crippen LogP contribution in [0.2, 0.25) is 0 Å². The van der Waals surface area contributed by atoms with Gasteiger partial charge in [0.2, 0.25) is 0 Å². The van der Waals surface area contributed by atoms with Crippen LogP contribution < -0.4 is 0 Å². The second kappa shape index (κ2) is 8.90. The normalized spacial score (nSPS) is 14.8. The van der Waals surface area contributed by atoms with E-state index in [1.807, 2.05) is 30.3 Å². The molecule has 8 aromatic rings. The lowest BCUT2D eigenvalue weighted by atomic mass is 9.79. The van der Waals surface area contributed by atoms with Crippen molar-refractivity contribution in [2.75, 3.05) is 0 Å². The van der Waals surface area contributed by atoms with E-state index in [2.05, 4.69) is 105 Å². The Morgan fingerprint density at radius 3 is 1.77 bits per heavy atom. The van der Waals surface area contributed by atoms with Gasteiger partial charge in [0.05, 0.1) is 5.48 Å². The first-order chi connectivity index (χ1) is 22.7. The first kappa shape index (κ1) is 20.6. The third-order valence-electron chi connectivity index (χ3n) is 9.44. The minimum atomic E-state index is -0.291. The molecular weight excluding hydrogens is 516 g/mol. The summed E-state index contributed by atoms with van der Waals surface area (Å²) in [4.78, 5) is 0. The summed E-state index contributed by atoms with van der Waals surface area (Å²) in [6, 6.07) is 41.8. The highest BCUT2D eigenvalue weighted by atomic mass is 14.4. The number of fused-ring (bicyclic) bond motifs is 9. The number of hydrogen-bond donors (Lipinski definition) is 0. The van der Waals surface area contributed by atoms with Crippen LogP contribution in [0.3, 0.4) is 0 Å². The van der Waals surface area contributed by atoms with Gasteiger partial charge in [-0.25, -0.2) is 0 Å². The fourth-order valence-corrected chi connectivity index (χ4v) is 7.27. The highest BCUT2D eigenvalue weighted by molar-refractivity contribution is 6.12. The lowest BCUT2D eigenvalue weighted by molar-refractivity contribution is 0.666. The summed E-state index contributed by atoms with van der Waals surface area (Å²) in [5.41, 5.74) is 6.54. The fraction of sp³-hybridized carbons (Fsp3) is 0.0698. The summed E-state index contributed by atoms with van der Waals surface area (Å²) < 4.78 is 36.6. The molecule has 1 aliphatic rings. The molecule has 202 valence electrons. The second-order valence-corrected chi connectivity index (χ2v) is 12.3. The standard InChI is InChI=1S/C43H30/c1-43(2)41-26-33(19-21-38(41)39-22-17-29-7-5-6-10-37(29)42(39)43)28-13-11-27(12-14-28)32-18-20-36-34(24-32)15-16-35-23-30-8-3-4-9-31(30)25-40(35)36/h3-26H,1-2H3/i11D,12D,13D,14D. The van der Waals surface area contributed by atoms with Gasteiger partial charge in [-0.15, -0.1) is 0 Å². The number of rotatable bonds is 2. The van der Waals surface area contributed by atoms with Crippen molar-refractivity contribution in [3.8, 4) is 33.4 Å². The molecule has 0 atom stereocenters. The molecule has 0 bridgehead atoms. The van der Waals surface area contributed by atoms with E-state index >= 15 is 0 Å². The van der Waals surface area contributed by atoms with Gasteiger partial charge in [-0.05, 0) is 112 Å². The second-order valence-electron chi connectivity index (χ2n) is 12.3. The van der Waals surface area contributed by atoms with Crippen LogP contribution in [0.1, 0.15) is 30.5 Å². The van der Waals surface area contributed by atoms with Gasteiger partial charge in [0.25, 0.3) is 0 Å². The molecule has 43 heavy (non-hydrogen) atoms. The topological polar surface area (TPSA) is 0 Å². The van der Waals surface area contributed by atoms with Gasteiger partial charge < -0.3 is 0 Å². The molecule has 0 amide bonds. The van der Waals surface area contributed by atoms with Crippen molar-refractivity contribution in [1.29, 1.82) is 0 Å². The van der Waals surface area contributed by atoms with E-state index in [4.69, 9.17) is 5.48 Å². The SMILES string of the molecule is [2H]c1c([2H])c(-c2ccc3c(ccc4cc5ccccc5cc43)c2)c([2H])c([2H])c1-c1ccc2c(c1)C(C)(C)c1c-2ccc2ccccc12. The van der Waals surface area contributed by atoms with Crippen LogP contribution in [0.25, 0.3) is 76.5 Å². The van der Waals surface area contributed by atoms with Crippen molar-refractivity contribution in [2.24, 2.45) is 0 Å². The van der Waals surface area contributed by atoms with Crippen LogP contribution in [0.5, 0.6) is 0 Å². The zero-order valence-corrected chi connectivity index (χ0v) is 24.0. The van der Waals surface area contributed by atoms with E-state index in [9.17, 15) is 0 Å². The third kappa shape index (κ3) is 3.63. The molecule has 0 N–H and O–H groups in total. The van der Waals surface area contributed by atoms with Crippen LogP contribution in [-0.4, -0.2) is 0 Å². The fourth-order valence-electron chi connectivity index (χ4n) is 7.27. The molecule has 9 rings (SSSR count). The van der Waals surface area contributed by atoms with Crippen LogP contribution in [0.15, 0.2) is 145 Å². The Labute approximate surface area is 257 Å². The van der Waals surface area contributed by atoms with Crippen molar-refractivity contribution < 1.29 is 5.48 Å². The van der Waals surface area contributed by atoms with Gasteiger partial charge in [0, 0.05) is 5.41 Å². The summed E-state index contributed by atoms with van der Waals surface area (Å²) in [7, 11) is 0. The van der Waals surface area contributed by atoms with Gasteiger partial charge in [-0.1, -0.05) is 135 Å². The predicted molar refractivity (Wildman–Crippen MR) is 185 cm³/mol. The Hall–Kier alpha value is -5.20. The lowest BCUT2D eigenvalue weighted by Crippen LogP contribution is -2.15. The first-order valence-electron chi connectivity index (χ1n) is 16.9. The molecule has 8 aromatic carbocycles. The van der Waals surface area contributed by atoms with Crippen LogP contribution >= 0.6 is 0 Å². The number of benzene rings is 8. The third-order valence-corrected chi connectivity index (χ3v) is 9.44. The first-order valence-corrected chi connectivity index (χ1v) is 14.9. The molecule has 1 aliphatic carbocycles. The highest BCUT2D eigenvalue weighted by Gasteiger charge is 2.36. The zero-order chi connectivity index (χ0) is 32.2. The van der Waals surface area contributed by atoms with E-state index in [0.717, 1.165) is 32.7 Å². The zero-order valence-electron chi connectivity index (χ0n) is 28.0. The van der Waals surface area contributed by atoms with Crippen LogP contribution in [-0.2, 0) is 5.41 Å². The summed E-state index contributed by atoms with van der Waals surface area (Å²) in [5, 5.41) is 9.22. The van der Waals surface area contributed by atoms with Gasteiger partial charge in [-0.3, -0.25) is 0 Å². The number of hydrogen-bond acceptors (Lipinski definition) is 0. The van der Waals surface area contributed by atoms with Gasteiger partial charge >= 0.3 is 0 Å². The molecular formula is C43H30. The summed E-state index contributed by atoms with van der Waals surface area (Å²) in [6.45, 7) is 4.47. The molecule has 0 radical (unpaired) electrons. The van der Waals surface area contributed by atoms with Crippen molar-refractivity contribution in [2.45, 2.75) is 19.3 Å². The Morgan fingerprint density at radius 1 is 0.419 bits per heavy atom. The van der Waals surface area contributed by atoms with Gasteiger partial charge in [0.15, 0.2) is 0 Å². The molecule has 0 heteroatoms. The average molecular weight is 551 g/mol. The smallest absolute Gasteiger partial charge is 0.0616 e. The Bertz CT molecular complexity index is 2620. The maximum absolute atomic E-state index is 9.15. The molecule has 0 aliphatic heterocycles. The minimum absolute atomic E-state index is 0.0233. The molecule has 0 unspecified atom stereocenters. The van der Waals surface area contributed by atoms with Gasteiger partial charge in [-0.2, -0.15) is 0 Å². The Balaban J connectivity index is 1.17. The Morgan fingerprint density at radius 2 is 1.00 bits per heavy atom. The summed E-state index contributed by atoms with van der Waals surface area (Å²) in [5.74, 6) is 0. The summed E-state index contributed by atoms with van der Waals surface area (Å²) in [6.07, 6.45) is 0. The van der Waals surface area contributed by atoms with Crippen molar-refractivity contribution in [1.82, 2.24) is 0 Å². The maximum Gasteiger partial charge on any atom is 0.0629 e. The van der Waals surface area contributed by atoms with Crippen LogP contribution in [0.4, 0.5) is 0 Å². The van der Waals surface area contributed by atoms with E-state index in [1.54, 1.807) is 0 Å².